The topological polar surface area (TPSA) is 266 Å². The minimum absolute atomic E-state index is 0.0424. The Kier molecular flexibility index (Phi) is 13.0. The summed E-state index contributed by atoms with van der Waals surface area (Å²) < 4.78 is 56.4. The van der Waals surface area contributed by atoms with E-state index in [4.69, 9.17) is 42.6 Å². The molecule has 0 amide bonds. The van der Waals surface area contributed by atoms with Gasteiger partial charge in [-0.2, -0.15) is 0 Å². The first-order valence-corrected chi connectivity index (χ1v) is 21.4. The number of ether oxygens (including phenoxy) is 9. The molecule has 4 heterocycles. The van der Waals surface area contributed by atoms with Crippen LogP contribution in [0.4, 0.5) is 0 Å². The number of hydrogen-bond acceptors (Lipinski definition) is 20. The number of aromatic nitrogens is 2. The normalized spacial score (nSPS) is 34.1. The highest BCUT2D eigenvalue weighted by Crippen LogP contribution is 2.70. The van der Waals surface area contributed by atoms with Crippen LogP contribution in [0.2, 0.25) is 0 Å². The minimum Gasteiger partial charge on any atom is -0.465 e. The summed E-state index contributed by atoms with van der Waals surface area (Å²) in [6.07, 6.45) is -8.69. The molecule has 1 spiro atoms. The number of rotatable bonds is 9. The van der Waals surface area contributed by atoms with Crippen molar-refractivity contribution >= 4 is 47.8 Å². The van der Waals surface area contributed by atoms with Crippen LogP contribution in [-0.4, -0.2) is 129 Å². The molecular weight excluding hydrogens is 881 g/mol. The Morgan fingerprint density at radius 3 is 1.94 bits per heavy atom. The molecular formula is C47H50N2O18. The van der Waals surface area contributed by atoms with E-state index in [0.717, 1.165) is 40.8 Å². The first kappa shape index (κ1) is 48.1. The summed E-state index contributed by atoms with van der Waals surface area (Å²) in [7, 11) is 0. The first-order valence-electron chi connectivity index (χ1n) is 21.4. The lowest BCUT2D eigenvalue weighted by atomic mass is 9.45. The fourth-order valence-electron chi connectivity index (χ4n) is 10.3. The highest BCUT2D eigenvalue weighted by Gasteiger charge is 2.92. The van der Waals surface area contributed by atoms with E-state index in [2.05, 4.69) is 9.97 Å². The summed E-state index contributed by atoms with van der Waals surface area (Å²) >= 11 is 0. The van der Waals surface area contributed by atoms with Gasteiger partial charge < -0.3 is 47.7 Å². The van der Waals surface area contributed by atoms with Gasteiger partial charge in [-0.15, -0.1) is 0 Å². The van der Waals surface area contributed by atoms with Crippen molar-refractivity contribution in [2.24, 2.45) is 17.3 Å². The number of cyclic esters (lactones) is 1. The molecule has 7 rings (SSSR count). The van der Waals surface area contributed by atoms with Gasteiger partial charge in [0.15, 0.2) is 30.0 Å². The predicted octanol–water partition coefficient (Wildman–Crippen LogP) is 3.02. The zero-order chi connectivity index (χ0) is 48.8. The lowest BCUT2D eigenvalue weighted by molar-refractivity contribution is -0.385. The van der Waals surface area contributed by atoms with E-state index in [1.165, 1.54) is 74.8 Å². The van der Waals surface area contributed by atoms with Crippen LogP contribution in [0.15, 0.2) is 73.2 Å². The molecule has 0 unspecified atom stereocenters. The molecule has 20 heteroatoms. The molecule has 2 saturated carbocycles. The van der Waals surface area contributed by atoms with E-state index >= 15 is 0 Å². The molecule has 3 fully saturated rings. The highest BCUT2D eigenvalue weighted by molar-refractivity contribution is 5.92. The number of aliphatic hydroxyl groups is 1. The van der Waals surface area contributed by atoms with E-state index in [1.807, 2.05) is 0 Å². The van der Waals surface area contributed by atoms with Crippen LogP contribution in [0.5, 0.6) is 0 Å². The summed E-state index contributed by atoms with van der Waals surface area (Å²) in [6, 6.07) is 13.2. The van der Waals surface area contributed by atoms with Gasteiger partial charge in [0, 0.05) is 52.2 Å². The molecule has 2 aliphatic heterocycles. The monoisotopic (exact) mass is 930 g/mol. The van der Waals surface area contributed by atoms with Gasteiger partial charge in [0.05, 0.1) is 34.2 Å². The van der Waals surface area contributed by atoms with Crippen molar-refractivity contribution in [3.8, 4) is 0 Å². The Labute approximate surface area is 383 Å². The average molecular weight is 931 g/mol. The summed E-state index contributed by atoms with van der Waals surface area (Å²) in [5.41, 5.74) is -10.8. The van der Waals surface area contributed by atoms with Crippen LogP contribution in [0, 0.1) is 17.3 Å². The number of benzene rings is 1. The van der Waals surface area contributed by atoms with Crippen LogP contribution in [0.3, 0.4) is 0 Å². The third-order valence-electron chi connectivity index (χ3n) is 13.2. The van der Waals surface area contributed by atoms with Gasteiger partial charge in [0.1, 0.15) is 42.0 Å². The fraction of sp³-hybridized carbons (Fsp3) is 0.489. The molecule has 0 radical (unpaired) electrons. The lowest BCUT2D eigenvalue weighted by Crippen LogP contribution is -2.89. The molecule has 2 aliphatic carbocycles. The van der Waals surface area contributed by atoms with Gasteiger partial charge in [0.2, 0.25) is 0 Å². The number of carbonyl (C=O) groups excluding carboxylic acids is 8. The Hall–Kier alpha value is -6.80. The SMILES string of the molecule is CC(=O)OC[C@]12[C@H](OC(C)=O)[C@H](OC(C)=O)[C@H]3[C@@H](OC(=O)c4ccccc4)[C@@]14O[C@@]3(C)COC(=O)c1cccnc1[C@@H](C)[C@@H](C)C(=O)O[C@@H]([C@H](OC(=O)c1cccnc1)[C@@H]2OC(C)=O)[C@]4(C)O. The number of nitrogens with zero attached hydrogens (tertiary/aromatic N) is 2. The van der Waals surface area contributed by atoms with Crippen molar-refractivity contribution < 1.29 is 86.1 Å². The van der Waals surface area contributed by atoms with Crippen molar-refractivity contribution in [3.05, 3.63) is 95.6 Å². The standard InChI is InChI=1S/C47H50N2O18/c1-23-24(2)40(54)66-37-35(64-42(56)30-16-12-18-48-20-30)39(63-28(6)53)46(22-59-25(3)50)38(62-27(5)52)34(61-26(4)51)32-36(65-41(55)29-14-10-9-11-15-29)47(46,45(37,8)58)67-44(32,7)21-60-43(57)31-17-13-19-49-33(23)31/h9-20,23-24,32,34-39,58H,21-22H2,1-8H3/t23-,24+,32-,34+,35-,36+,37-,38+,39-,44-,45-,46+,47-/m0/s1. The van der Waals surface area contributed by atoms with Gasteiger partial charge in [-0.3, -0.25) is 33.9 Å². The highest BCUT2D eigenvalue weighted by atomic mass is 16.7. The zero-order valence-electron chi connectivity index (χ0n) is 37.8. The number of pyridine rings is 2. The van der Waals surface area contributed by atoms with Gasteiger partial charge in [-0.25, -0.2) is 14.4 Å². The van der Waals surface area contributed by atoms with Crippen molar-refractivity contribution in [2.75, 3.05) is 13.2 Å². The quantitative estimate of drug-likeness (QED) is 0.239. The third-order valence-corrected chi connectivity index (χ3v) is 13.2. The second kappa shape index (κ2) is 18.1. The summed E-state index contributed by atoms with van der Waals surface area (Å²) in [5.74, 6) is -12.2. The number of fused-ring (bicyclic) bond motifs is 5. The molecule has 13 atom stereocenters. The van der Waals surface area contributed by atoms with E-state index in [0.29, 0.717) is 0 Å². The second-order valence-corrected chi connectivity index (χ2v) is 17.5. The van der Waals surface area contributed by atoms with Crippen molar-refractivity contribution in [2.45, 2.75) is 115 Å². The van der Waals surface area contributed by atoms with E-state index in [1.54, 1.807) is 13.0 Å². The van der Waals surface area contributed by atoms with Crippen LogP contribution < -0.4 is 0 Å². The van der Waals surface area contributed by atoms with Crippen LogP contribution in [0.1, 0.15) is 98.1 Å². The van der Waals surface area contributed by atoms with Crippen LogP contribution >= 0.6 is 0 Å². The molecule has 1 N–H and O–H groups in total. The summed E-state index contributed by atoms with van der Waals surface area (Å²) in [6.45, 7) is 7.58. The van der Waals surface area contributed by atoms with Gasteiger partial charge in [-0.05, 0) is 50.2 Å². The van der Waals surface area contributed by atoms with Crippen LogP contribution in [0.25, 0.3) is 0 Å². The summed E-state index contributed by atoms with van der Waals surface area (Å²) in [5, 5.41) is 13.9. The van der Waals surface area contributed by atoms with E-state index in [9.17, 15) is 43.5 Å². The maximum Gasteiger partial charge on any atom is 0.340 e. The Morgan fingerprint density at radius 1 is 0.716 bits per heavy atom. The molecule has 2 aromatic heterocycles. The fourth-order valence-corrected chi connectivity index (χ4v) is 10.3. The molecule has 4 aliphatic rings. The molecule has 4 bridgehead atoms. The smallest absolute Gasteiger partial charge is 0.340 e. The predicted molar refractivity (Wildman–Crippen MR) is 223 cm³/mol. The molecule has 67 heavy (non-hydrogen) atoms. The van der Waals surface area contributed by atoms with E-state index in [-0.39, 0.29) is 22.4 Å². The lowest BCUT2D eigenvalue weighted by Gasteiger charge is -2.67. The maximum atomic E-state index is 14.8. The minimum atomic E-state index is -2.94. The molecule has 3 aromatic rings. The number of esters is 8. The molecule has 1 aromatic carbocycles. The van der Waals surface area contributed by atoms with Gasteiger partial charge in [0.25, 0.3) is 0 Å². The Balaban J connectivity index is 1.64. The maximum absolute atomic E-state index is 14.8. The number of carbonyl (C=O) groups is 8. The molecule has 356 valence electrons. The van der Waals surface area contributed by atoms with Crippen molar-refractivity contribution in [3.63, 3.8) is 0 Å². The molecule has 20 nitrogen and oxygen atoms in total. The summed E-state index contributed by atoms with van der Waals surface area (Å²) in [4.78, 5) is 120. The van der Waals surface area contributed by atoms with Gasteiger partial charge in [-0.1, -0.05) is 32.0 Å². The van der Waals surface area contributed by atoms with Crippen molar-refractivity contribution in [1.82, 2.24) is 9.97 Å². The Bertz CT molecular complexity index is 2460. The van der Waals surface area contributed by atoms with Gasteiger partial charge >= 0.3 is 47.8 Å². The van der Waals surface area contributed by atoms with E-state index < -0.39 is 138 Å². The zero-order valence-corrected chi connectivity index (χ0v) is 37.8. The average Bonchev–Trinajstić information content (AvgIpc) is 3.51. The Morgan fingerprint density at radius 2 is 1.33 bits per heavy atom. The van der Waals surface area contributed by atoms with Crippen molar-refractivity contribution in [1.29, 1.82) is 0 Å². The largest absolute Gasteiger partial charge is 0.465 e. The second-order valence-electron chi connectivity index (χ2n) is 17.5. The molecule has 1 saturated heterocycles. The third kappa shape index (κ3) is 8.15. The van der Waals surface area contributed by atoms with Crippen LogP contribution in [-0.2, 0) is 66.6 Å². The first-order chi connectivity index (χ1) is 31.6. The number of hydrogen-bond donors (Lipinski definition) is 1.